The Hall–Kier alpha value is -2.34. The fourth-order valence-electron chi connectivity index (χ4n) is 1.78. The minimum atomic E-state index is 0.0501. The van der Waals surface area contributed by atoms with E-state index in [0.29, 0.717) is 18.3 Å². The van der Waals surface area contributed by atoms with Gasteiger partial charge in [-0.2, -0.15) is 0 Å². The molecule has 0 amide bonds. The molecule has 0 spiro atoms. The summed E-state index contributed by atoms with van der Waals surface area (Å²) in [5.74, 6) is 1.87. The summed E-state index contributed by atoms with van der Waals surface area (Å²) in [5.41, 5.74) is 5.86. The third-order valence-electron chi connectivity index (χ3n) is 2.85. The average molecular weight is 273 g/mol. The van der Waals surface area contributed by atoms with Crippen LogP contribution in [0.1, 0.15) is 11.8 Å². The highest BCUT2D eigenvalue weighted by molar-refractivity contribution is 5.91. The van der Waals surface area contributed by atoms with Crippen molar-refractivity contribution in [2.75, 3.05) is 26.0 Å². The summed E-state index contributed by atoms with van der Waals surface area (Å²) in [5, 5.41) is 2.95. The third-order valence-corrected chi connectivity index (χ3v) is 2.85. The average Bonchev–Trinajstić information content (AvgIpc) is 2.93. The van der Waals surface area contributed by atoms with Gasteiger partial charge in [0, 0.05) is 6.20 Å². The van der Waals surface area contributed by atoms with Crippen molar-refractivity contribution in [3.63, 3.8) is 0 Å². The van der Waals surface area contributed by atoms with Gasteiger partial charge in [0.15, 0.2) is 5.96 Å². The van der Waals surface area contributed by atoms with Crippen LogP contribution in [0.2, 0.25) is 0 Å². The fraction of sp³-hybridized carbons (Fsp3) is 0.286. The molecule has 0 fully saturated rings. The SMILES string of the molecule is CN(C)C(CN=C(N)Nc1ccccn1)c1ccco1. The predicted molar refractivity (Wildman–Crippen MR) is 79.5 cm³/mol. The first kappa shape index (κ1) is 14.1. The van der Waals surface area contributed by atoms with Gasteiger partial charge >= 0.3 is 0 Å². The van der Waals surface area contributed by atoms with Crippen molar-refractivity contribution >= 4 is 11.8 Å². The fourth-order valence-corrected chi connectivity index (χ4v) is 1.78. The third kappa shape index (κ3) is 3.83. The lowest BCUT2D eigenvalue weighted by Crippen LogP contribution is -2.27. The molecule has 1 unspecified atom stereocenters. The second-order valence-corrected chi connectivity index (χ2v) is 4.56. The Morgan fingerprint density at radius 1 is 1.40 bits per heavy atom. The summed E-state index contributed by atoms with van der Waals surface area (Å²) < 4.78 is 5.42. The maximum atomic E-state index is 5.86. The number of likely N-dealkylation sites (N-methyl/N-ethyl adjacent to an activating group) is 1. The molecule has 6 nitrogen and oxygen atoms in total. The molecular weight excluding hydrogens is 254 g/mol. The number of aliphatic imine (C=N–C) groups is 1. The van der Waals surface area contributed by atoms with Crippen LogP contribution in [0.3, 0.4) is 0 Å². The lowest BCUT2D eigenvalue weighted by atomic mass is 10.2. The van der Waals surface area contributed by atoms with Crippen LogP contribution in [-0.2, 0) is 0 Å². The van der Waals surface area contributed by atoms with Gasteiger partial charge in [0.1, 0.15) is 11.6 Å². The molecular formula is C14H19N5O. The second-order valence-electron chi connectivity index (χ2n) is 4.56. The number of hydrogen-bond donors (Lipinski definition) is 2. The molecule has 6 heteroatoms. The number of nitrogens with zero attached hydrogens (tertiary/aromatic N) is 3. The van der Waals surface area contributed by atoms with Gasteiger partial charge in [0.25, 0.3) is 0 Å². The maximum absolute atomic E-state index is 5.86. The summed E-state index contributed by atoms with van der Waals surface area (Å²) in [4.78, 5) is 10.5. The quantitative estimate of drug-likeness (QED) is 0.640. The zero-order valence-electron chi connectivity index (χ0n) is 11.7. The Labute approximate surface area is 118 Å². The van der Waals surface area contributed by atoms with Crippen molar-refractivity contribution in [3.8, 4) is 0 Å². The van der Waals surface area contributed by atoms with Crippen LogP contribution in [0.4, 0.5) is 5.82 Å². The highest BCUT2D eigenvalue weighted by Crippen LogP contribution is 2.18. The van der Waals surface area contributed by atoms with Crippen LogP contribution < -0.4 is 11.1 Å². The molecule has 0 aliphatic rings. The molecule has 1 atom stereocenters. The standard InChI is InChI=1S/C14H19N5O/c1-19(2)11(12-6-5-9-20-12)10-17-14(15)18-13-7-3-4-8-16-13/h3-9,11H,10H2,1-2H3,(H3,15,16,17,18). The summed E-state index contributed by atoms with van der Waals surface area (Å²) >= 11 is 0. The highest BCUT2D eigenvalue weighted by atomic mass is 16.3. The van der Waals surface area contributed by atoms with Gasteiger partial charge in [-0.05, 0) is 38.4 Å². The van der Waals surface area contributed by atoms with Crippen molar-refractivity contribution in [1.82, 2.24) is 9.88 Å². The molecule has 0 aliphatic heterocycles. The van der Waals surface area contributed by atoms with E-state index in [1.807, 2.05) is 49.3 Å². The zero-order valence-corrected chi connectivity index (χ0v) is 11.7. The predicted octanol–water partition coefficient (Wildman–Crippen LogP) is 1.70. The van der Waals surface area contributed by atoms with Gasteiger partial charge in [-0.15, -0.1) is 0 Å². The maximum Gasteiger partial charge on any atom is 0.194 e. The number of hydrogen-bond acceptors (Lipinski definition) is 4. The van der Waals surface area contributed by atoms with Crippen molar-refractivity contribution < 1.29 is 4.42 Å². The number of nitrogens with two attached hydrogens (primary N) is 1. The molecule has 2 aromatic heterocycles. The van der Waals surface area contributed by atoms with Crippen molar-refractivity contribution in [2.24, 2.45) is 10.7 Å². The largest absolute Gasteiger partial charge is 0.468 e. The lowest BCUT2D eigenvalue weighted by Gasteiger charge is -2.20. The molecule has 20 heavy (non-hydrogen) atoms. The van der Waals surface area contributed by atoms with E-state index in [-0.39, 0.29) is 6.04 Å². The topological polar surface area (TPSA) is 79.7 Å². The van der Waals surface area contributed by atoms with Gasteiger partial charge < -0.3 is 15.5 Å². The zero-order chi connectivity index (χ0) is 14.4. The van der Waals surface area contributed by atoms with E-state index in [4.69, 9.17) is 10.2 Å². The van der Waals surface area contributed by atoms with Crippen LogP contribution in [0.15, 0.2) is 52.2 Å². The Balaban J connectivity index is 1.99. The molecule has 2 rings (SSSR count). The van der Waals surface area contributed by atoms with Gasteiger partial charge in [-0.1, -0.05) is 6.07 Å². The lowest BCUT2D eigenvalue weighted by molar-refractivity contribution is 0.265. The minimum Gasteiger partial charge on any atom is -0.468 e. The van der Waals surface area contributed by atoms with Gasteiger partial charge in [0.05, 0.1) is 18.8 Å². The number of guanidine groups is 1. The Morgan fingerprint density at radius 2 is 2.25 bits per heavy atom. The number of furan rings is 1. The molecule has 0 saturated carbocycles. The van der Waals surface area contributed by atoms with Crippen molar-refractivity contribution in [2.45, 2.75) is 6.04 Å². The number of pyridine rings is 1. The molecule has 106 valence electrons. The molecule has 2 aromatic rings. The van der Waals surface area contributed by atoms with Gasteiger partial charge in [-0.25, -0.2) is 4.98 Å². The first-order chi connectivity index (χ1) is 9.66. The van der Waals surface area contributed by atoms with E-state index in [1.165, 1.54) is 0 Å². The molecule has 2 heterocycles. The van der Waals surface area contributed by atoms with E-state index in [9.17, 15) is 0 Å². The van der Waals surface area contributed by atoms with Crippen LogP contribution >= 0.6 is 0 Å². The van der Waals surface area contributed by atoms with E-state index in [0.717, 1.165) is 5.76 Å². The molecule has 0 bridgehead atoms. The number of aromatic nitrogens is 1. The van der Waals surface area contributed by atoms with E-state index in [1.54, 1.807) is 12.5 Å². The van der Waals surface area contributed by atoms with Crippen molar-refractivity contribution in [3.05, 3.63) is 48.6 Å². The first-order valence-electron chi connectivity index (χ1n) is 6.34. The Kier molecular flexibility index (Phi) is 4.73. The molecule has 0 aliphatic carbocycles. The summed E-state index contributed by atoms with van der Waals surface area (Å²) in [6.45, 7) is 0.506. The number of rotatable bonds is 5. The summed E-state index contributed by atoms with van der Waals surface area (Å²) in [6, 6.07) is 9.41. The highest BCUT2D eigenvalue weighted by Gasteiger charge is 2.16. The Morgan fingerprint density at radius 3 is 2.85 bits per heavy atom. The van der Waals surface area contributed by atoms with Crippen LogP contribution in [-0.4, -0.2) is 36.5 Å². The van der Waals surface area contributed by atoms with Crippen LogP contribution in [0.5, 0.6) is 0 Å². The minimum absolute atomic E-state index is 0.0501. The molecule has 0 aromatic carbocycles. The summed E-state index contributed by atoms with van der Waals surface area (Å²) in [6.07, 6.45) is 3.35. The van der Waals surface area contributed by atoms with E-state index in [2.05, 4.69) is 15.3 Å². The number of nitrogens with one attached hydrogen (secondary N) is 1. The van der Waals surface area contributed by atoms with Crippen molar-refractivity contribution in [1.29, 1.82) is 0 Å². The summed E-state index contributed by atoms with van der Waals surface area (Å²) in [7, 11) is 3.95. The van der Waals surface area contributed by atoms with E-state index >= 15 is 0 Å². The Bertz CT molecular complexity index is 536. The second kappa shape index (κ2) is 6.72. The molecule has 3 N–H and O–H groups in total. The smallest absolute Gasteiger partial charge is 0.194 e. The molecule has 0 radical (unpaired) electrons. The normalized spacial score (nSPS) is 13.4. The number of anilines is 1. The van der Waals surface area contributed by atoms with Gasteiger partial charge in [0.2, 0.25) is 0 Å². The first-order valence-corrected chi connectivity index (χ1v) is 6.34. The monoisotopic (exact) mass is 273 g/mol. The van der Waals surface area contributed by atoms with Crippen LogP contribution in [0.25, 0.3) is 0 Å². The van der Waals surface area contributed by atoms with E-state index < -0.39 is 0 Å². The van der Waals surface area contributed by atoms with Gasteiger partial charge in [-0.3, -0.25) is 9.89 Å². The molecule has 0 saturated heterocycles. The van der Waals surface area contributed by atoms with Crippen LogP contribution in [0, 0.1) is 0 Å².